The van der Waals surface area contributed by atoms with Crippen molar-refractivity contribution in [3.8, 4) is 5.75 Å². The third-order valence-electron chi connectivity index (χ3n) is 6.82. The minimum absolute atomic E-state index is 0.0394. The number of nitrogens with one attached hydrogen (secondary N) is 4. The van der Waals surface area contributed by atoms with Crippen LogP contribution in [0.5, 0.6) is 5.75 Å². The summed E-state index contributed by atoms with van der Waals surface area (Å²) >= 11 is 0. The van der Waals surface area contributed by atoms with Gasteiger partial charge in [0.05, 0.1) is 7.11 Å². The van der Waals surface area contributed by atoms with Crippen molar-refractivity contribution in [3.05, 3.63) is 59.7 Å². The highest BCUT2D eigenvalue weighted by atomic mass is 16.5. The monoisotopic (exact) mass is 451 g/mol. The maximum Gasteiger partial charge on any atom is 0.253 e. The number of piperidine rings is 1. The van der Waals surface area contributed by atoms with Crippen molar-refractivity contribution in [2.45, 2.75) is 31.5 Å². The molecule has 2 aromatic carbocycles. The van der Waals surface area contributed by atoms with Crippen molar-refractivity contribution in [2.24, 2.45) is 5.92 Å². The lowest BCUT2D eigenvalue weighted by atomic mass is 9.94. The number of nitrogens with zero attached hydrogens (tertiary/aromatic N) is 1. The van der Waals surface area contributed by atoms with Gasteiger partial charge in [0, 0.05) is 43.9 Å². The Morgan fingerprint density at radius 2 is 1.82 bits per heavy atom. The van der Waals surface area contributed by atoms with Crippen molar-refractivity contribution in [3.63, 3.8) is 0 Å². The van der Waals surface area contributed by atoms with Gasteiger partial charge in [0.2, 0.25) is 0 Å². The number of ether oxygens (including phenoxy) is 1. The van der Waals surface area contributed by atoms with Gasteiger partial charge in [0.1, 0.15) is 12.0 Å². The molecule has 4 rings (SSSR count). The molecule has 178 valence electrons. The van der Waals surface area contributed by atoms with Crippen molar-refractivity contribution >= 4 is 11.6 Å². The Kier molecular flexibility index (Phi) is 8.20. The van der Waals surface area contributed by atoms with E-state index >= 15 is 0 Å². The molecule has 4 N–H and O–H groups in total. The summed E-state index contributed by atoms with van der Waals surface area (Å²) in [5.41, 5.74) is 2.94. The lowest BCUT2D eigenvalue weighted by molar-refractivity contribution is 0.0784. The summed E-state index contributed by atoms with van der Waals surface area (Å²) in [6.07, 6.45) is 3.46. The van der Waals surface area contributed by atoms with E-state index in [1.165, 1.54) is 18.4 Å². The highest BCUT2D eigenvalue weighted by molar-refractivity contribution is 5.95. The fourth-order valence-electron chi connectivity index (χ4n) is 4.66. The topological polar surface area (TPSA) is 77.7 Å². The predicted molar refractivity (Wildman–Crippen MR) is 133 cm³/mol. The van der Waals surface area contributed by atoms with E-state index in [2.05, 4.69) is 33.4 Å². The van der Waals surface area contributed by atoms with Gasteiger partial charge in [0.25, 0.3) is 5.91 Å². The number of benzene rings is 2. The number of carbonyl (C=O) groups excluding carboxylic acids is 1. The maximum absolute atomic E-state index is 13.0. The van der Waals surface area contributed by atoms with Gasteiger partial charge < -0.3 is 20.3 Å². The van der Waals surface area contributed by atoms with Crippen LogP contribution in [0.25, 0.3) is 0 Å². The second-order valence-electron chi connectivity index (χ2n) is 9.15. The second-order valence-corrected chi connectivity index (χ2v) is 9.15. The van der Waals surface area contributed by atoms with Crippen LogP contribution < -0.4 is 26.0 Å². The average Bonchev–Trinajstić information content (AvgIpc) is 2.88. The highest BCUT2D eigenvalue weighted by Crippen LogP contribution is 2.21. The van der Waals surface area contributed by atoms with E-state index in [0.717, 1.165) is 62.1 Å². The second kappa shape index (κ2) is 11.5. The van der Waals surface area contributed by atoms with Crippen LogP contribution in [0, 0.1) is 5.92 Å². The maximum atomic E-state index is 13.0. The Hall–Kier alpha value is -2.61. The standard InChI is InChI=1S/C26H37N5O2/c1-31(15-12-19-10-13-27-14-11-19)25(32)21-4-3-5-23(16-21)30-26-28-17-22(18-29-26)20-6-8-24(33-2)9-7-20/h3-9,16,19,22,26-30H,10-15,17-18H2,1-2H3. The Balaban J connectivity index is 1.26. The molecule has 7 nitrogen and oxygen atoms in total. The van der Waals surface area contributed by atoms with Gasteiger partial charge in [-0.1, -0.05) is 18.2 Å². The van der Waals surface area contributed by atoms with Crippen LogP contribution in [0.3, 0.4) is 0 Å². The van der Waals surface area contributed by atoms with Crippen LogP contribution in [0.4, 0.5) is 5.69 Å². The molecule has 0 bridgehead atoms. The van der Waals surface area contributed by atoms with Crippen LogP contribution in [-0.4, -0.2) is 64.0 Å². The summed E-state index contributed by atoms with van der Waals surface area (Å²) in [4.78, 5) is 14.8. The van der Waals surface area contributed by atoms with Crippen molar-refractivity contribution < 1.29 is 9.53 Å². The highest BCUT2D eigenvalue weighted by Gasteiger charge is 2.22. The van der Waals surface area contributed by atoms with E-state index in [1.54, 1.807) is 7.11 Å². The SMILES string of the molecule is COc1ccc(C2CNC(Nc3cccc(C(=O)N(C)CCC4CCNCC4)c3)NC2)cc1. The number of amides is 1. The third kappa shape index (κ3) is 6.47. The molecule has 2 aliphatic heterocycles. The van der Waals surface area contributed by atoms with Gasteiger partial charge in [-0.15, -0.1) is 0 Å². The summed E-state index contributed by atoms with van der Waals surface area (Å²) in [5, 5.41) is 13.9. The smallest absolute Gasteiger partial charge is 0.253 e. The van der Waals surface area contributed by atoms with Gasteiger partial charge in [-0.3, -0.25) is 15.4 Å². The number of methoxy groups -OCH3 is 1. The molecule has 7 heteroatoms. The molecule has 0 atom stereocenters. The first kappa shape index (κ1) is 23.5. The van der Waals surface area contributed by atoms with Crippen molar-refractivity contribution in [1.82, 2.24) is 20.9 Å². The van der Waals surface area contributed by atoms with Crippen molar-refractivity contribution in [2.75, 3.05) is 52.2 Å². The van der Waals surface area contributed by atoms with Gasteiger partial charge in [0.15, 0.2) is 0 Å². The van der Waals surface area contributed by atoms with Crippen LogP contribution in [-0.2, 0) is 0 Å². The number of rotatable bonds is 8. The summed E-state index contributed by atoms with van der Waals surface area (Å²) in [6, 6.07) is 16.0. The summed E-state index contributed by atoms with van der Waals surface area (Å²) in [7, 11) is 3.60. The van der Waals surface area contributed by atoms with E-state index in [0.29, 0.717) is 5.92 Å². The Bertz CT molecular complexity index is 890. The van der Waals surface area contributed by atoms with E-state index in [-0.39, 0.29) is 12.2 Å². The molecule has 0 radical (unpaired) electrons. The van der Waals surface area contributed by atoms with Crippen LogP contribution >= 0.6 is 0 Å². The van der Waals surface area contributed by atoms with Gasteiger partial charge in [-0.05, 0) is 74.2 Å². The molecule has 2 heterocycles. The molecule has 0 aromatic heterocycles. The molecular weight excluding hydrogens is 414 g/mol. The first-order chi connectivity index (χ1) is 16.1. The van der Waals surface area contributed by atoms with Gasteiger partial charge >= 0.3 is 0 Å². The molecule has 2 saturated heterocycles. The van der Waals surface area contributed by atoms with Crippen molar-refractivity contribution in [1.29, 1.82) is 0 Å². The van der Waals surface area contributed by atoms with E-state index in [9.17, 15) is 4.79 Å². The fraction of sp³-hybridized carbons (Fsp3) is 0.500. The number of hydrogen-bond donors (Lipinski definition) is 4. The number of carbonyl (C=O) groups is 1. The largest absolute Gasteiger partial charge is 0.497 e. The molecule has 1 amide bonds. The number of anilines is 1. The zero-order valence-electron chi connectivity index (χ0n) is 19.8. The summed E-state index contributed by atoms with van der Waals surface area (Å²) in [6.45, 7) is 4.74. The molecule has 2 fully saturated rings. The van der Waals surface area contributed by atoms with E-state index in [4.69, 9.17) is 4.74 Å². The zero-order chi connectivity index (χ0) is 23.0. The number of hydrogen-bond acceptors (Lipinski definition) is 6. The molecule has 33 heavy (non-hydrogen) atoms. The average molecular weight is 452 g/mol. The van der Waals surface area contributed by atoms with E-state index in [1.807, 2.05) is 48.3 Å². The molecular formula is C26H37N5O2. The van der Waals surface area contributed by atoms with E-state index < -0.39 is 0 Å². The fourth-order valence-corrected chi connectivity index (χ4v) is 4.66. The van der Waals surface area contributed by atoms with Gasteiger partial charge in [-0.2, -0.15) is 0 Å². The van der Waals surface area contributed by atoms with Crippen LogP contribution in [0.1, 0.15) is 41.1 Å². The lowest BCUT2D eigenvalue weighted by Gasteiger charge is -2.32. The molecule has 0 aliphatic carbocycles. The third-order valence-corrected chi connectivity index (χ3v) is 6.82. The Labute approximate surface area is 197 Å². The summed E-state index contributed by atoms with van der Waals surface area (Å²) in [5.74, 6) is 2.08. The predicted octanol–water partition coefficient (Wildman–Crippen LogP) is 2.83. The molecule has 0 spiro atoms. The Morgan fingerprint density at radius 3 is 2.52 bits per heavy atom. The molecule has 0 saturated carbocycles. The minimum atomic E-state index is -0.0394. The first-order valence-corrected chi connectivity index (χ1v) is 12.1. The minimum Gasteiger partial charge on any atom is -0.497 e. The normalized spacial score (nSPS) is 21.4. The first-order valence-electron chi connectivity index (χ1n) is 12.1. The van der Waals surface area contributed by atoms with Crippen LogP contribution in [0.2, 0.25) is 0 Å². The molecule has 2 aliphatic rings. The molecule has 0 unspecified atom stereocenters. The zero-order valence-corrected chi connectivity index (χ0v) is 19.8. The quantitative estimate of drug-likeness (QED) is 0.495. The van der Waals surface area contributed by atoms with Gasteiger partial charge in [-0.25, -0.2) is 0 Å². The Morgan fingerprint density at radius 1 is 1.09 bits per heavy atom. The van der Waals surface area contributed by atoms with Crippen LogP contribution in [0.15, 0.2) is 48.5 Å². The lowest BCUT2D eigenvalue weighted by Crippen LogP contribution is -2.55. The summed E-state index contributed by atoms with van der Waals surface area (Å²) < 4.78 is 5.25. The molecule has 2 aromatic rings.